The van der Waals surface area contributed by atoms with Gasteiger partial charge < -0.3 is 19.0 Å². The number of amides is 2. The largest absolute Gasteiger partial charge is 0.420 e. The van der Waals surface area contributed by atoms with Gasteiger partial charge in [-0.3, -0.25) is 0 Å². The van der Waals surface area contributed by atoms with E-state index < -0.39 is 17.6 Å². The van der Waals surface area contributed by atoms with Gasteiger partial charge in [0.05, 0.1) is 24.7 Å². The molecule has 0 radical (unpaired) electrons. The quantitative estimate of drug-likeness (QED) is 0.474. The molecule has 2 fully saturated rings. The van der Waals surface area contributed by atoms with Gasteiger partial charge in [0.25, 0.3) is 0 Å². The molecule has 3 heterocycles. The third kappa shape index (κ3) is 5.20. The third-order valence-corrected chi connectivity index (χ3v) is 6.57. The molecule has 0 spiro atoms. The number of aromatic nitrogens is 2. The summed E-state index contributed by atoms with van der Waals surface area (Å²) in [6, 6.07) is 10.7. The van der Waals surface area contributed by atoms with E-state index in [-0.39, 0.29) is 23.8 Å². The van der Waals surface area contributed by atoms with Crippen LogP contribution in [0.4, 0.5) is 22.4 Å². The molecule has 36 heavy (non-hydrogen) atoms. The van der Waals surface area contributed by atoms with Gasteiger partial charge in [0.2, 0.25) is 11.8 Å². The summed E-state index contributed by atoms with van der Waals surface area (Å²) in [6.45, 7) is 2.50. The van der Waals surface area contributed by atoms with E-state index in [4.69, 9.17) is 9.15 Å². The highest BCUT2D eigenvalue weighted by atomic mass is 19.4. The summed E-state index contributed by atoms with van der Waals surface area (Å²) in [5, 5.41) is 8.23. The Kier molecular flexibility index (Phi) is 6.65. The summed E-state index contributed by atoms with van der Waals surface area (Å²) < 4.78 is 64.1. The van der Waals surface area contributed by atoms with Crippen LogP contribution in [-0.4, -0.2) is 65.4 Å². The number of carbonyl (C=O) groups is 1. The van der Waals surface area contributed by atoms with Gasteiger partial charge in [-0.2, -0.15) is 13.2 Å². The number of hydrogen-bond acceptors (Lipinski definition) is 5. The molecule has 2 atom stereocenters. The highest BCUT2D eigenvalue weighted by Gasteiger charge is 2.37. The Morgan fingerprint density at radius 3 is 2.36 bits per heavy atom. The molecule has 0 saturated carbocycles. The second-order valence-corrected chi connectivity index (χ2v) is 8.99. The molecule has 2 saturated heterocycles. The summed E-state index contributed by atoms with van der Waals surface area (Å²) in [7, 11) is 0. The molecule has 0 bridgehead atoms. The van der Waals surface area contributed by atoms with E-state index in [2.05, 4.69) is 10.2 Å². The maximum Gasteiger partial charge on any atom is 0.416 e. The Hall–Kier alpha value is -3.47. The van der Waals surface area contributed by atoms with Crippen LogP contribution in [0.15, 0.2) is 52.9 Å². The minimum Gasteiger partial charge on any atom is -0.420 e. The average molecular weight is 504 g/mol. The van der Waals surface area contributed by atoms with E-state index in [1.807, 2.05) is 0 Å². The summed E-state index contributed by atoms with van der Waals surface area (Å²) in [4.78, 5) is 16.7. The van der Waals surface area contributed by atoms with Gasteiger partial charge in [-0.25, -0.2) is 9.18 Å². The van der Waals surface area contributed by atoms with Crippen molar-refractivity contribution in [2.24, 2.45) is 0 Å². The van der Waals surface area contributed by atoms with Crippen LogP contribution in [0, 0.1) is 5.82 Å². The number of hydrogen-bond donors (Lipinski definition) is 0. The lowest BCUT2D eigenvalue weighted by Gasteiger charge is -2.40. The van der Waals surface area contributed by atoms with E-state index in [0.717, 1.165) is 12.1 Å². The fourth-order valence-corrected chi connectivity index (χ4v) is 4.71. The highest BCUT2D eigenvalue weighted by molar-refractivity contribution is 5.75. The Morgan fingerprint density at radius 1 is 0.944 bits per heavy atom. The minimum absolute atomic E-state index is 0.159. The van der Waals surface area contributed by atoms with Crippen LogP contribution in [-0.2, 0) is 10.9 Å². The van der Waals surface area contributed by atoms with E-state index in [1.165, 1.54) is 24.3 Å². The van der Waals surface area contributed by atoms with Crippen LogP contribution in [0.3, 0.4) is 0 Å². The van der Waals surface area contributed by atoms with Crippen molar-refractivity contribution in [3.8, 4) is 11.5 Å². The fraction of sp³-hybridized carbons (Fsp3) is 0.400. The maximum absolute atomic E-state index is 13.7. The van der Waals surface area contributed by atoms with Crippen LogP contribution < -0.4 is 0 Å². The number of halogens is 4. The van der Waals surface area contributed by atoms with Gasteiger partial charge in [-0.1, -0.05) is 18.2 Å². The molecule has 11 heteroatoms. The molecule has 5 rings (SSSR count). The fourth-order valence-electron chi connectivity index (χ4n) is 4.71. The number of urea groups is 1. The summed E-state index contributed by atoms with van der Waals surface area (Å²) >= 11 is 0. The van der Waals surface area contributed by atoms with Crippen molar-refractivity contribution in [3.05, 3.63) is 71.4 Å². The average Bonchev–Trinajstić information content (AvgIpc) is 3.39. The van der Waals surface area contributed by atoms with Crippen molar-refractivity contribution < 1.29 is 31.5 Å². The molecular formula is C25H24F4N4O3. The van der Waals surface area contributed by atoms with Gasteiger partial charge >= 0.3 is 12.2 Å². The first kappa shape index (κ1) is 24.2. The standard InChI is InChI=1S/C25H24F4N4O3/c26-21-3-1-2-17(13-21)22-30-31-23(36-22)19-12-18(16-4-6-20(7-5-16)25(27,28)29)14-33(15-19)24(34)32-8-10-35-11-9-32/h1-7,13,18-19H,8-12,14-15H2. The van der Waals surface area contributed by atoms with Crippen LogP contribution >= 0.6 is 0 Å². The van der Waals surface area contributed by atoms with E-state index in [9.17, 15) is 22.4 Å². The predicted molar refractivity (Wildman–Crippen MR) is 121 cm³/mol. The van der Waals surface area contributed by atoms with E-state index in [0.29, 0.717) is 62.8 Å². The molecule has 2 aromatic carbocycles. The number of likely N-dealkylation sites (tertiary alicyclic amines) is 1. The second kappa shape index (κ2) is 9.88. The monoisotopic (exact) mass is 504 g/mol. The molecule has 2 aliphatic rings. The number of ether oxygens (including phenoxy) is 1. The molecule has 190 valence electrons. The molecule has 1 aromatic heterocycles. The smallest absolute Gasteiger partial charge is 0.416 e. The summed E-state index contributed by atoms with van der Waals surface area (Å²) in [6.07, 6.45) is -3.92. The summed E-state index contributed by atoms with van der Waals surface area (Å²) in [5.41, 5.74) is 0.402. The van der Waals surface area contributed by atoms with E-state index in [1.54, 1.807) is 21.9 Å². The normalized spacial score (nSPS) is 21.0. The van der Waals surface area contributed by atoms with E-state index >= 15 is 0 Å². The molecular weight excluding hydrogens is 480 g/mol. The zero-order valence-corrected chi connectivity index (χ0v) is 19.2. The number of rotatable bonds is 3. The van der Waals surface area contributed by atoms with Gasteiger partial charge in [-0.05, 0) is 42.3 Å². The van der Waals surface area contributed by atoms with Crippen LogP contribution in [0.1, 0.15) is 35.3 Å². The van der Waals surface area contributed by atoms with Crippen LogP contribution in [0.5, 0.6) is 0 Å². The van der Waals surface area contributed by atoms with Gasteiger partial charge in [0.15, 0.2) is 0 Å². The Bertz CT molecular complexity index is 1210. The Labute approximate surface area is 204 Å². The minimum atomic E-state index is -4.43. The molecule has 2 aliphatic heterocycles. The first-order valence-electron chi connectivity index (χ1n) is 11.7. The Morgan fingerprint density at radius 2 is 1.67 bits per heavy atom. The van der Waals surface area contributed by atoms with Crippen molar-refractivity contribution in [1.29, 1.82) is 0 Å². The number of morpholine rings is 1. The third-order valence-electron chi connectivity index (χ3n) is 6.57. The number of piperidine rings is 1. The molecule has 0 aliphatic carbocycles. The molecule has 2 unspecified atom stereocenters. The van der Waals surface area contributed by atoms with Crippen molar-refractivity contribution >= 4 is 6.03 Å². The number of alkyl halides is 3. The van der Waals surface area contributed by atoms with Crippen molar-refractivity contribution in [3.63, 3.8) is 0 Å². The van der Waals surface area contributed by atoms with Crippen molar-refractivity contribution in [2.45, 2.75) is 24.4 Å². The molecule has 3 aromatic rings. The maximum atomic E-state index is 13.7. The highest BCUT2D eigenvalue weighted by Crippen LogP contribution is 2.38. The van der Waals surface area contributed by atoms with Gasteiger partial charge in [-0.15, -0.1) is 10.2 Å². The number of nitrogens with zero attached hydrogens (tertiary/aromatic N) is 4. The number of benzene rings is 2. The first-order valence-corrected chi connectivity index (χ1v) is 11.7. The summed E-state index contributed by atoms with van der Waals surface area (Å²) in [5.74, 6) is -0.557. The lowest BCUT2D eigenvalue weighted by molar-refractivity contribution is -0.137. The van der Waals surface area contributed by atoms with Gasteiger partial charge in [0, 0.05) is 37.7 Å². The Balaban J connectivity index is 1.42. The zero-order valence-electron chi connectivity index (χ0n) is 19.2. The lowest BCUT2D eigenvalue weighted by atomic mass is 9.84. The first-order chi connectivity index (χ1) is 17.3. The molecule has 7 nitrogen and oxygen atoms in total. The van der Waals surface area contributed by atoms with Crippen LogP contribution in [0.2, 0.25) is 0 Å². The number of carbonyl (C=O) groups excluding carboxylic acids is 1. The zero-order chi connectivity index (χ0) is 25.3. The SMILES string of the molecule is O=C(N1CCOCC1)N1CC(c2ccc(C(F)(F)F)cc2)CC(c2nnc(-c3cccc(F)c3)o2)C1. The lowest BCUT2D eigenvalue weighted by Crippen LogP contribution is -2.52. The van der Waals surface area contributed by atoms with Crippen molar-refractivity contribution in [2.75, 3.05) is 39.4 Å². The predicted octanol–water partition coefficient (Wildman–Crippen LogP) is 4.92. The van der Waals surface area contributed by atoms with Gasteiger partial charge in [0.1, 0.15) is 5.82 Å². The van der Waals surface area contributed by atoms with Crippen molar-refractivity contribution in [1.82, 2.24) is 20.0 Å². The molecule has 2 amide bonds. The topological polar surface area (TPSA) is 71.7 Å². The second-order valence-electron chi connectivity index (χ2n) is 8.99. The molecule has 0 N–H and O–H groups in total. The van der Waals surface area contributed by atoms with Crippen LogP contribution in [0.25, 0.3) is 11.5 Å².